The first-order valence-corrected chi connectivity index (χ1v) is 8.10. The topological polar surface area (TPSA) is 43.4 Å². The van der Waals surface area contributed by atoms with Gasteiger partial charge in [0.05, 0.1) is 12.0 Å². The number of Topliss-reactive ketones (excluding diaryl/α,β-unsaturated/α-hetero) is 1. The summed E-state index contributed by atoms with van der Waals surface area (Å²) in [5.41, 5.74) is 2.12. The van der Waals surface area contributed by atoms with Crippen LogP contribution in [-0.4, -0.2) is 18.9 Å². The molecule has 0 saturated carbocycles. The van der Waals surface area contributed by atoms with Crippen LogP contribution in [0.3, 0.4) is 0 Å². The number of ketones is 1. The summed E-state index contributed by atoms with van der Waals surface area (Å²) in [6.07, 6.45) is -0.209. The summed E-state index contributed by atoms with van der Waals surface area (Å²) in [6, 6.07) is 10.1. The van der Waals surface area contributed by atoms with E-state index in [-0.39, 0.29) is 12.2 Å². The van der Waals surface area contributed by atoms with Crippen LogP contribution in [0, 0.1) is 0 Å². The second kappa shape index (κ2) is 5.79. The minimum atomic E-state index is -0.505. The van der Waals surface area contributed by atoms with Crippen LogP contribution in [0.1, 0.15) is 16.1 Å². The van der Waals surface area contributed by atoms with Gasteiger partial charge in [-0.2, -0.15) is 0 Å². The average Bonchev–Trinajstić information content (AvgIpc) is 3.15. The number of ether oxygens (including phenoxy) is 1. The Labute approximate surface area is 129 Å². The zero-order chi connectivity index (χ0) is 14.8. The van der Waals surface area contributed by atoms with Crippen molar-refractivity contribution in [2.24, 2.45) is 0 Å². The Balaban J connectivity index is 1.93. The molecular formula is C16H12O3S2. The summed E-state index contributed by atoms with van der Waals surface area (Å²) in [5, 5.41) is 5.20. The van der Waals surface area contributed by atoms with E-state index in [4.69, 9.17) is 0 Å². The first-order chi connectivity index (χ1) is 10.2. The van der Waals surface area contributed by atoms with Gasteiger partial charge in [0, 0.05) is 10.1 Å². The average molecular weight is 316 g/mol. The lowest BCUT2D eigenvalue weighted by molar-refractivity contribution is -0.139. The number of rotatable bonds is 4. The Morgan fingerprint density at radius 3 is 2.86 bits per heavy atom. The highest BCUT2D eigenvalue weighted by atomic mass is 32.1. The van der Waals surface area contributed by atoms with Gasteiger partial charge in [-0.05, 0) is 40.1 Å². The molecule has 0 N–H and O–H groups in total. The maximum absolute atomic E-state index is 12.0. The highest BCUT2D eigenvalue weighted by molar-refractivity contribution is 7.17. The number of hydrogen-bond donors (Lipinski definition) is 0. The summed E-state index contributed by atoms with van der Waals surface area (Å²) >= 11 is 3.06. The van der Waals surface area contributed by atoms with Gasteiger partial charge < -0.3 is 4.74 Å². The van der Waals surface area contributed by atoms with Crippen LogP contribution in [0.15, 0.2) is 41.1 Å². The number of fused-ring (bicyclic) bond motifs is 1. The molecule has 2 heterocycles. The molecule has 3 rings (SSSR count). The summed E-state index contributed by atoms with van der Waals surface area (Å²) in [4.78, 5) is 23.7. The number of benzene rings is 1. The molecule has 5 heteroatoms. The molecule has 0 radical (unpaired) electrons. The minimum absolute atomic E-state index is 0.199. The Kier molecular flexibility index (Phi) is 3.86. The number of carbonyl (C=O) groups excluding carboxylic acids is 2. The van der Waals surface area contributed by atoms with Crippen LogP contribution < -0.4 is 0 Å². The van der Waals surface area contributed by atoms with Crippen LogP contribution in [0.4, 0.5) is 0 Å². The largest absolute Gasteiger partial charge is 0.469 e. The molecule has 0 saturated heterocycles. The van der Waals surface area contributed by atoms with Crippen molar-refractivity contribution in [3.8, 4) is 11.1 Å². The van der Waals surface area contributed by atoms with Gasteiger partial charge >= 0.3 is 5.97 Å². The summed E-state index contributed by atoms with van der Waals surface area (Å²) in [6.45, 7) is 0. The van der Waals surface area contributed by atoms with E-state index in [0.717, 1.165) is 11.1 Å². The van der Waals surface area contributed by atoms with Crippen molar-refractivity contribution in [1.29, 1.82) is 0 Å². The molecule has 0 fully saturated rings. The lowest BCUT2D eigenvalue weighted by atomic mass is 10.0. The molecule has 0 aliphatic carbocycles. The van der Waals surface area contributed by atoms with E-state index in [1.807, 2.05) is 23.6 Å². The first kappa shape index (κ1) is 14.0. The SMILES string of the molecule is COC(=O)CC(=O)c1cc(-c2cccc3sccc23)cs1. The molecule has 106 valence electrons. The predicted octanol–water partition coefficient (Wildman–Crippen LogP) is 4.38. The van der Waals surface area contributed by atoms with E-state index in [9.17, 15) is 9.59 Å². The third kappa shape index (κ3) is 2.75. The van der Waals surface area contributed by atoms with E-state index >= 15 is 0 Å². The van der Waals surface area contributed by atoms with Gasteiger partial charge in [0.25, 0.3) is 0 Å². The van der Waals surface area contributed by atoms with E-state index in [1.165, 1.54) is 28.5 Å². The smallest absolute Gasteiger partial charge is 0.313 e. The van der Waals surface area contributed by atoms with Crippen molar-refractivity contribution in [1.82, 2.24) is 0 Å². The third-order valence-electron chi connectivity index (χ3n) is 3.21. The van der Waals surface area contributed by atoms with Crippen LogP contribution in [0.2, 0.25) is 0 Å². The molecule has 2 aromatic heterocycles. The number of esters is 1. The Morgan fingerprint density at radius 1 is 1.19 bits per heavy atom. The van der Waals surface area contributed by atoms with E-state index < -0.39 is 5.97 Å². The van der Waals surface area contributed by atoms with Gasteiger partial charge in [-0.15, -0.1) is 22.7 Å². The lowest BCUT2D eigenvalue weighted by Gasteiger charge is -2.00. The highest BCUT2D eigenvalue weighted by Gasteiger charge is 2.15. The van der Waals surface area contributed by atoms with E-state index in [1.54, 1.807) is 11.3 Å². The zero-order valence-corrected chi connectivity index (χ0v) is 12.9. The molecule has 0 atom stereocenters. The molecule has 0 aliphatic rings. The normalized spacial score (nSPS) is 10.7. The molecular weight excluding hydrogens is 304 g/mol. The molecule has 1 aromatic carbocycles. The second-order valence-corrected chi connectivity index (χ2v) is 6.37. The van der Waals surface area contributed by atoms with Crippen molar-refractivity contribution >= 4 is 44.5 Å². The summed E-state index contributed by atoms with van der Waals surface area (Å²) in [5.74, 6) is -0.703. The number of methoxy groups -OCH3 is 1. The van der Waals surface area contributed by atoms with Crippen molar-refractivity contribution < 1.29 is 14.3 Å². The lowest BCUT2D eigenvalue weighted by Crippen LogP contribution is -2.08. The maximum Gasteiger partial charge on any atom is 0.313 e. The minimum Gasteiger partial charge on any atom is -0.469 e. The van der Waals surface area contributed by atoms with Crippen LogP contribution in [0.25, 0.3) is 21.2 Å². The Hall–Kier alpha value is -1.98. The van der Waals surface area contributed by atoms with Gasteiger partial charge in [-0.25, -0.2) is 0 Å². The summed E-state index contributed by atoms with van der Waals surface area (Å²) in [7, 11) is 1.28. The maximum atomic E-state index is 12.0. The van der Waals surface area contributed by atoms with Gasteiger partial charge in [0.2, 0.25) is 0 Å². The standard InChI is InChI=1S/C16H12O3S2/c1-19-16(18)8-13(17)15-7-10(9-21-15)11-3-2-4-14-12(11)5-6-20-14/h2-7,9H,8H2,1H3. The Bertz CT molecular complexity index is 814. The Morgan fingerprint density at radius 2 is 2.05 bits per heavy atom. The molecule has 3 nitrogen and oxygen atoms in total. The van der Waals surface area contributed by atoms with Crippen molar-refractivity contribution in [3.05, 3.63) is 46.0 Å². The molecule has 0 amide bonds. The van der Waals surface area contributed by atoms with Gasteiger partial charge in [-0.3, -0.25) is 9.59 Å². The van der Waals surface area contributed by atoms with Crippen LogP contribution in [-0.2, 0) is 9.53 Å². The predicted molar refractivity (Wildman–Crippen MR) is 86.1 cm³/mol. The monoisotopic (exact) mass is 316 g/mol. The fraction of sp³-hybridized carbons (Fsp3) is 0.125. The van der Waals surface area contributed by atoms with Gasteiger partial charge in [0.1, 0.15) is 6.42 Å². The van der Waals surface area contributed by atoms with Crippen LogP contribution >= 0.6 is 22.7 Å². The molecule has 0 aliphatic heterocycles. The van der Waals surface area contributed by atoms with Crippen molar-refractivity contribution in [3.63, 3.8) is 0 Å². The number of thiophene rings is 2. The van der Waals surface area contributed by atoms with Crippen LogP contribution in [0.5, 0.6) is 0 Å². The van der Waals surface area contributed by atoms with Crippen molar-refractivity contribution in [2.45, 2.75) is 6.42 Å². The fourth-order valence-electron chi connectivity index (χ4n) is 2.16. The fourth-order valence-corrected chi connectivity index (χ4v) is 3.82. The van der Waals surface area contributed by atoms with Crippen molar-refractivity contribution in [2.75, 3.05) is 7.11 Å². The highest BCUT2D eigenvalue weighted by Crippen LogP contribution is 2.34. The summed E-state index contributed by atoms with van der Waals surface area (Å²) < 4.78 is 5.75. The van der Waals surface area contributed by atoms with Gasteiger partial charge in [-0.1, -0.05) is 12.1 Å². The number of carbonyl (C=O) groups is 2. The molecule has 0 unspecified atom stereocenters. The number of hydrogen-bond acceptors (Lipinski definition) is 5. The molecule has 3 aromatic rings. The quantitative estimate of drug-likeness (QED) is 0.408. The zero-order valence-electron chi connectivity index (χ0n) is 11.3. The first-order valence-electron chi connectivity index (χ1n) is 6.34. The molecule has 21 heavy (non-hydrogen) atoms. The van der Waals surface area contributed by atoms with E-state index in [2.05, 4.69) is 22.2 Å². The second-order valence-electron chi connectivity index (χ2n) is 4.51. The van der Waals surface area contributed by atoms with Gasteiger partial charge in [0.15, 0.2) is 5.78 Å². The van der Waals surface area contributed by atoms with E-state index in [0.29, 0.717) is 4.88 Å². The molecule has 0 spiro atoms. The third-order valence-corrected chi connectivity index (χ3v) is 5.07. The molecule has 0 bridgehead atoms.